The zero-order valence-corrected chi connectivity index (χ0v) is 13.7. The number of hydrogen-bond donors (Lipinski definition) is 2. The molecule has 0 heterocycles. The van der Waals surface area contributed by atoms with Crippen LogP contribution in [0.2, 0.25) is 0 Å². The number of nitrogens with zero attached hydrogens (tertiary/aromatic N) is 1. The molecular weight excluding hydrogens is 341 g/mol. The Bertz CT molecular complexity index is 380. The SMILES string of the molecule is CN=C(NCc1ccccc1OC)NC(C)C.I. The van der Waals surface area contributed by atoms with Crippen molar-refractivity contribution in [1.29, 1.82) is 0 Å². The Morgan fingerprint density at radius 3 is 2.56 bits per heavy atom. The Morgan fingerprint density at radius 2 is 2.00 bits per heavy atom. The summed E-state index contributed by atoms with van der Waals surface area (Å²) >= 11 is 0. The molecule has 0 aliphatic rings. The van der Waals surface area contributed by atoms with Crippen LogP contribution in [0.25, 0.3) is 0 Å². The van der Waals surface area contributed by atoms with Crippen molar-refractivity contribution in [2.24, 2.45) is 4.99 Å². The number of aliphatic imine (C=N–C) groups is 1. The number of para-hydroxylation sites is 1. The Kier molecular flexibility index (Phi) is 8.53. The van der Waals surface area contributed by atoms with Gasteiger partial charge in [0.15, 0.2) is 5.96 Å². The van der Waals surface area contributed by atoms with Gasteiger partial charge in [-0.05, 0) is 19.9 Å². The van der Waals surface area contributed by atoms with E-state index in [1.54, 1.807) is 14.2 Å². The van der Waals surface area contributed by atoms with Crippen LogP contribution >= 0.6 is 24.0 Å². The molecule has 4 nitrogen and oxygen atoms in total. The van der Waals surface area contributed by atoms with Crippen LogP contribution < -0.4 is 15.4 Å². The number of hydrogen-bond acceptors (Lipinski definition) is 2. The van der Waals surface area contributed by atoms with Gasteiger partial charge in [-0.1, -0.05) is 18.2 Å². The summed E-state index contributed by atoms with van der Waals surface area (Å²) in [4.78, 5) is 4.15. The number of halogens is 1. The van der Waals surface area contributed by atoms with E-state index in [-0.39, 0.29) is 24.0 Å². The van der Waals surface area contributed by atoms with Crippen LogP contribution in [0.5, 0.6) is 5.75 Å². The monoisotopic (exact) mass is 363 g/mol. The van der Waals surface area contributed by atoms with Crippen LogP contribution in [0.15, 0.2) is 29.3 Å². The molecule has 0 saturated carbocycles. The third-order valence-corrected chi connectivity index (χ3v) is 2.29. The summed E-state index contributed by atoms with van der Waals surface area (Å²) in [6, 6.07) is 8.31. The largest absolute Gasteiger partial charge is 0.496 e. The van der Waals surface area contributed by atoms with Crippen LogP contribution in [0, 0.1) is 0 Å². The Balaban J connectivity index is 0.00000289. The highest BCUT2D eigenvalue weighted by molar-refractivity contribution is 14.0. The van der Waals surface area contributed by atoms with Gasteiger partial charge in [-0.3, -0.25) is 4.99 Å². The first-order valence-electron chi connectivity index (χ1n) is 5.76. The minimum absolute atomic E-state index is 0. The topological polar surface area (TPSA) is 45.7 Å². The number of ether oxygens (including phenoxy) is 1. The van der Waals surface area contributed by atoms with Gasteiger partial charge in [0.2, 0.25) is 0 Å². The van der Waals surface area contributed by atoms with Crippen molar-refractivity contribution in [2.45, 2.75) is 26.4 Å². The zero-order valence-electron chi connectivity index (χ0n) is 11.4. The summed E-state index contributed by atoms with van der Waals surface area (Å²) in [6.07, 6.45) is 0. The molecule has 0 aliphatic carbocycles. The van der Waals surface area contributed by atoms with E-state index in [2.05, 4.69) is 29.5 Å². The smallest absolute Gasteiger partial charge is 0.191 e. The van der Waals surface area contributed by atoms with Gasteiger partial charge in [0.05, 0.1) is 7.11 Å². The van der Waals surface area contributed by atoms with Crippen LogP contribution in [-0.4, -0.2) is 26.2 Å². The quantitative estimate of drug-likeness (QED) is 0.491. The van der Waals surface area contributed by atoms with Gasteiger partial charge in [-0.15, -0.1) is 24.0 Å². The standard InChI is InChI=1S/C13H21N3O.HI/c1-10(2)16-13(14-3)15-9-11-7-5-6-8-12(11)17-4;/h5-8,10H,9H2,1-4H3,(H2,14,15,16);1H. The average Bonchev–Trinajstić information content (AvgIpc) is 2.34. The molecule has 0 amide bonds. The van der Waals surface area contributed by atoms with E-state index < -0.39 is 0 Å². The van der Waals surface area contributed by atoms with Gasteiger partial charge in [0.25, 0.3) is 0 Å². The Morgan fingerprint density at radius 1 is 1.33 bits per heavy atom. The fourth-order valence-corrected chi connectivity index (χ4v) is 1.50. The molecule has 18 heavy (non-hydrogen) atoms. The highest BCUT2D eigenvalue weighted by atomic mass is 127. The van der Waals surface area contributed by atoms with Crippen molar-refractivity contribution in [3.05, 3.63) is 29.8 Å². The van der Waals surface area contributed by atoms with E-state index in [1.165, 1.54) is 0 Å². The lowest BCUT2D eigenvalue weighted by Gasteiger charge is -2.15. The van der Waals surface area contributed by atoms with Crippen LogP contribution in [-0.2, 0) is 6.54 Å². The summed E-state index contributed by atoms with van der Waals surface area (Å²) < 4.78 is 5.29. The maximum Gasteiger partial charge on any atom is 0.191 e. The molecule has 0 radical (unpaired) electrons. The Hall–Kier alpha value is -0.980. The van der Waals surface area contributed by atoms with Crippen molar-refractivity contribution >= 4 is 29.9 Å². The highest BCUT2D eigenvalue weighted by Crippen LogP contribution is 2.16. The molecule has 0 aromatic heterocycles. The van der Waals surface area contributed by atoms with E-state index >= 15 is 0 Å². The molecule has 1 aromatic carbocycles. The van der Waals surface area contributed by atoms with E-state index in [0.717, 1.165) is 17.3 Å². The van der Waals surface area contributed by atoms with Gasteiger partial charge < -0.3 is 15.4 Å². The van der Waals surface area contributed by atoms with E-state index in [1.807, 2.05) is 24.3 Å². The molecule has 0 fully saturated rings. The second-order valence-electron chi connectivity index (χ2n) is 4.04. The fraction of sp³-hybridized carbons (Fsp3) is 0.462. The molecule has 1 aromatic rings. The van der Waals surface area contributed by atoms with Crippen molar-refractivity contribution in [2.75, 3.05) is 14.2 Å². The highest BCUT2D eigenvalue weighted by Gasteiger charge is 2.03. The van der Waals surface area contributed by atoms with Crippen LogP contribution in [0.3, 0.4) is 0 Å². The zero-order chi connectivity index (χ0) is 12.7. The second-order valence-corrected chi connectivity index (χ2v) is 4.04. The molecule has 0 spiro atoms. The normalized spacial score (nSPS) is 10.8. The molecule has 0 aliphatic heterocycles. The molecule has 1 rings (SSSR count). The van der Waals surface area contributed by atoms with Crippen LogP contribution in [0.1, 0.15) is 19.4 Å². The summed E-state index contributed by atoms with van der Waals surface area (Å²) in [5, 5.41) is 6.49. The molecule has 5 heteroatoms. The molecular formula is C13H22IN3O. The maximum absolute atomic E-state index is 5.29. The van der Waals surface area contributed by atoms with Gasteiger partial charge in [-0.2, -0.15) is 0 Å². The lowest BCUT2D eigenvalue weighted by Crippen LogP contribution is -2.40. The number of nitrogens with one attached hydrogen (secondary N) is 2. The predicted molar refractivity (Wildman–Crippen MR) is 86.9 cm³/mol. The van der Waals surface area contributed by atoms with Gasteiger partial charge in [0, 0.05) is 25.2 Å². The maximum atomic E-state index is 5.29. The minimum atomic E-state index is 0. The summed E-state index contributed by atoms with van der Waals surface area (Å²) in [5.74, 6) is 1.69. The first-order valence-corrected chi connectivity index (χ1v) is 5.76. The molecule has 0 unspecified atom stereocenters. The van der Waals surface area contributed by atoms with E-state index in [4.69, 9.17) is 4.74 Å². The number of methoxy groups -OCH3 is 1. The molecule has 2 N–H and O–H groups in total. The number of benzene rings is 1. The summed E-state index contributed by atoms with van der Waals surface area (Å²) in [7, 11) is 3.44. The van der Waals surface area contributed by atoms with E-state index in [0.29, 0.717) is 12.6 Å². The second kappa shape index (κ2) is 9.02. The Labute approximate surface area is 126 Å². The molecule has 0 atom stereocenters. The number of guanidine groups is 1. The van der Waals surface area contributed by atoms with Gasteiger partial charge in [-0.25, -0.2) is 0 Å². The lowest BCUT2D eigenvalue weighted by atomic mass is 10.2. The van der Waals surface area contributed by atoms with Crippen molar-refractivity contribution < 1.29 is 4.74 Å². The summed E-state index contributed by atoms with van der Waals surface area (Å²) in [5.41, 5.74) is 1.11. The van der Waals surface area contributed by atoms with Gasteiger partial charge in [0.1, 0.15) is 5.75 Å². The molecule has 0 saturated heterocycles. The first kappa shape index (κ1) is 17.0. The van der Waals surface area contributed by atoms with Crippen molar-refractivity contribution in [3.8, 4) is 5.75 Å². The van der Waals surface area contributed by atoms with E-state index in [9.17, 15) is 0 Å². The minimum Gasteiger partial charge on any atom is -0.496 e. The third-order valence-electron chi connectivity index (χ3n) is 2.29. The lowest BCUT2D eigenvalue weighted by molar-refractivity contribution is 0.409. The molecule has 102 valence electrons. The summed E-state index contributed by atoms with van der Waals surface area (Å²) in [6.45, 7) is 4.85. The third kappa shape index (κ3) is 5.57. The number of rotatable bonds is 4. The fourth-order valence-electron chi connectivity index (χ4n) is 1.50. The van der Waals surface area contributed by atoms with Crippen LogP contribution in [0.4, 0.5) is 0 Å². The average molecular weight is 363 g/mol. The predicted octanol–water partition coefficient (Wildman–Crippen LogP) is 2.39. The van der Waals surface area contributed by atoms with Crippen molar-refractivity contribution in [1.82, 2.24) is 10.6 Å². The first-order chi connectivity index (χ1) is 8.17. The van der Waals surface area contributed by atoms with Gasteiger partial charge >= 0.3 is 0 Å². The van der Waals surface area contributed by atoms with Crippen molar-refractivity contribution in [3.63, 3.8) is 0 Å². The molecule has 0 bridgehead atoms.